The molecule has 0 radical (unpaired) electrons. The van der Waals surface area contributed by atoms with E-state index < -0.39 is 23.7 Å². The smallest absolute Gasteiger partial charge is 0.291 e. The minimum atomic E-state index is -1.07. The Balaban J connectivity index is 1.93. The van der Waals surface area contributed by atoms with Gasteiger partial charge in [0.2, 0.25) is 5.78 Å². The predicted octanol–water partition coefficient (Wildman–Crippen LogP) is 1.07. The van der Waals surface area contributed by atoms with E-state index in [1.54, 1.807) is 24.3 Å². The summed E-state index contributed by atoms with van der Waals surface area (Å²) in [4.78, 5) is 41.3. The lowest BCUT2D eigenvalue weighted by Gasteiger charge is -2.25. The normalized spacial score (nSPS) is 19.9. The van der Waals surface area contributed by atoms with Gasteiger partial charge in [0.1, 0.15) is 17.7 Å². The van der Waals surface area contributed by atoms with Crippen LogP contribution in [0.15, 0.2) is 47.1 Å². The molecule has 1 aliphatic heterocycles. The molecule has 6 nitrogen and oxygen atoms in total. The molecule has 27 heavy (non-hydrogen) atoms. The molecule has 1 aromatic heterocycles. The largest absolute Gasteiger partial charge is 0.467 e. The second-order valence-electron chi connectivity index (χ2n) is 7.34. The van der Waals surface area contributed by atoms with Crippen LogP contribution in [0.3, 0.4) is 0 Å². The number of hydrogen-bond donors (Lipinski definition) is 1. The zero-order valence-corrected chi connectivity index (χ0v) is 15.9. The summed E-state index contributed by atoms with van der Waals surface area (Å²) in [5.41, 5.74) is 1.46. The molecule has 1 fully saturated rings. The minimum Gasteiger partial charge on any atom is -0.467 e. The first kappa shape index (κ1) is 19.0. The van der Waals surface area contributed by atoms with E-state index in [2.05, 4.69) is 0 Å². The Morgan fingerprint density at radius 1 is 1.15 bits per heavy atom. The van der Waals surface area contributed by atoms with E-state index in [0.717, 1.165) is 18.5 Å². The van der Waals surface area contributed by atoms with Crippen molar-refractivity contribution in [2.75, 3.05) is 27.2 Å². The highest BCUT2D eigenvalue weighted by molar-refractivity contribution is 6.44. The van der Waals surface area contributed by atoms with Crippen molar-refractivity contribution >= 4 is 17.5 Å². The summed E-state index contributed by atoms with van der Waals surface area (Å²) in [6.45, 7) is 3.21. The van der Waals surface area contributed by atoms with Gasteiger partial charge in [0.25, 0.3) is 5.91 Å². The molecule has 0 saturated carbocycles. The highest BCUT2D eigenvalue weighted by Crippen LogP contribution is 2.38. The fraction of sp³-hybridized carbons (Fsp3) is 0.381. The molecule has 1 aromatic carbocycles. The molecule has 3 rings (SSSR count). The number of rotatable bonds is 7. The van der Waals surface area contributed by atoms with Gasteiger partial charge in [-0.05, 0) is 19.1 Å². The summed E-state index contributed by atoms with van der Waals surface area (Å²) in [5, 5.41) is 0. The maximum Gasteiger partial charge on any atom is 0.291 e. The number of furan rings is 1. The maximum absolute atomic E-state index is 13.1. The van der Waals surface area contributed by atoms with Gasteiger partial charge in [-0.1, -0.05) is 29.8 Å². The zero-order valence-electron chi connectivity index (χ0n) is 15.9. The van der Waals surface area contributed by atoms with Gasteiger partial charge in [-0.2, -0.15) is 0 Å². The summed E-state index contributed by atoms with van der Waals surface area (Å²) >= 11 is 0. The van der Waals surface area contributed by atoms with E-state index in [4.69, 9.17) is 4.42 Å². The Hall–Kier alpha value is -2.73. The quantitative estimate of drug-likeness (QED) is 0.450. The van der Waals surface area contributed by atoms with Gasteiger partial charge in [0, 0.05) is 18.5 Å². The number of aryl methyl sites for hydroxylation is 1. The van der Waals surface area contributed by atoms with Gasteiger partial charge in [0.05, 0.1) is 26.9 Å². The summed E-state index contributed by atoms with van der Waals surface area (Å²) in [5.74, 6) is -2.19. The molecule has 0 bridgehead atoms. The molecule has 0 aliphatic carbocycles. The third kappa shape index (κ3) is 3.85. The number of benzene rings is 1. The van der Waals surface area contributed by atoms with Crippen molar-refractivity contribution in [1.29, 1.82) is 0 Å². The fourth-order valence-corrected chi connectivity index (χ4v) is 3.51. The molecule has 1 aliphatic rings. The third-order valence-electron chi connectivity index (χ3n) is 4.93. The average Bonchev–Trinajstić information content (AvgIpc) is 3.24. The van der Waals surface area contributed by atoms with Gasteiger partial charge in [-0.25, -0.2) is 0 Å². The number of nitrogens with one attached hydrogen (secondary N) is 1. The first-order valence-corrected chi connectivity index (χ1v) is 9.18. The van der Waals surface area contributed by atoms with Gasteiger partial charge in [-0.3, -0.25) is 14.4 Å². The molecule has 6 heteroatoms. The Labute approximate surface area is 158 Å². The van der Waals surface area contributed by atoms with Crippen LogP contribution in [-0.2, 0) is 9.59 Å². The van der Waals surface area contributed by atoms with Crippen molar-refractivity contribution in [3.8, 4) is 0 Å². The molecule has 1 saturated heterocycles. The second-order valence-corrected chi connectivity index (χ2v) is 7.34. The summed E-state index contributed by atoms with van der Waals surface area (Å²) in [7, 11) is 4.06. The third-order valence-corrected chi connectivity index (χ3v) is 4.93. The maximum atomic E-state index is 13.1. The van der Waals surface area contributed by atoms with Gasteiger partial charge in [-0.15, -0.1) is 0 Å². The minimum absolute atomic E-state index is 0.338. The number of carbonyl (C=O) groups is 3. The number of carbonyl (C=O) groups excluding carboxylic acids is 3. The predicted molar refractivity (Wildman–Crippen MR) is 99.5 cm³/mol. The van der Waals surface area contributed by atoms with E-state index in [0.29, 0.717) is 17.9 Å². The van der Waals surface area contributed by atoms with Crippen LogP contribution in [0, 0.1) is 12.8 Å². The van der Waals surface area contributed by atoms with Gasteiger partial charge in [0.15, 0.2) is 5.78 Å². The topological polar surface area (TPSA) is 72.0 Å². The summed E-state index contributed by atoms with van der Waals surface area (Å²) < 4.78 is 5.50. The number of ketones is 2. The van der Waals surface area contributed by atoms with Crippen molar-refractivity contribution in [3.05, 3.63) is 59.5 Å². The molecule has 2 unspecified atom stereocenters. The number of quaternary nitrogens is 1. The highest BCUT2D eigenvalue weighted by Gasteiger charge is 2.52. The van der Waals surface area contributed by atoms with Crippen LogP contribution in [0.4, 0.5) is 0 Å². The highest BCUT2D eigenvalue weighted by atomic mass is 16.3. The van der Waals surface area contributed by atoms with Gasteiger partial charge >= 0.3 is 0 Å². The fourth-order valence-electron chi connectivity index (χ4n) is 3.51. The molecule has 1 amide bonds. The lowest BCUT2D eigenvalue weighted by molar-refractivity contribution is -0.858. The zero-order chi connectivity index (χ0) is 19.6. The average molecular weight is 369 g/mol. The lowest BCUT2D eigenvalue weighted by Crippen LogP contribution is -3.05. The molecular weight excluding hydrogens is 344 g/mol. The SMILES string of the molecule is Cc1ccc(C(=O)C2C(=O)C(=O)N(CCC[NH+](C)C)C2c2ccco2)cc1. The molecule has 142 valence electrons. The Kier molecular flexibility index (Phi) is 5.56. The molecule has 2 atom stereocenters. The van der Waals surface area contributed by atoms with Crippen LogP contribution < -0.4 is 4.90 Å². The lowest BCUT2D eigenvalue weighted by atomic mass is 9.88. The second kappa shape index (κ2) is 7.88. The Morgan fingerprint density at radius 2 is 1.85 bits per heavy atom. The van der Waals surface area contributed by atoms with Crippen LogP contribution in [-0.4, -0.2) is 49.6 Å². The Bertz CT molecular complexity index is 824. The monoisotopic (exact) mass is 369 g/mol. The van der Waals surface area contributed by atoms with Crippen molar-refractivity contribution in [2.45, 2.75) is 19.4 Å². The van der Waals surface area contributed by atoms with E-state index in [1.165, 1.54) is 16.1 Å². The molecule has 1 N–H and O–H groups in total. The van der Waals surface area contributed by atoms with Crippen molar-refractivity contribution in [1.82, 2.24) is 4.90 Å². The molecule has 2 heterocycles. The number of likely N-dealkylation sites (tertiary alicyclic amines) is 1. The van der Waals surface area contributed by atoms with E-state index in [-0.39, 0.29) is 5.78 Å². The number of amides is 1. The first-order chi connectivity index (χ1) is 12.9. The summed E-state index contributed by atoms with van der Waals surface area (Å²) in [6, 6.07) is 9.79. The van der Waals surface area contributed by atoms with Crippen molar-refractivity contribution in [3.63, 3.8) is 0 Å². The molecule has 2 aromatic rings. The van der Waals surface area contributed by atoms with Gasteiger partial charge < -0.3 is 14.2 Å². The Morgan fingerprint density at radius 3 is 2.44 bits per heavy atom. The molecular formula is C21H25N2O4+. The van der Waals surface area contributed by atoms with Crippen molar-refractivity contribution < 1.29 is 23.7 Å². The van der Waals surface area contributed by atoms with Crippen LogP contribution in [0.25, 0.3) is 0 Å². The van der Waals surface area contributed by atoms with Crippen molar-refractivity contribution in [2.24, 2.45) is 5.92 Å². The van der Waals surface area contributed by atoms with Crippen LogP contribution in [0.1, 0.15) is 34.1 Å². The van der Waals surface area contributed by atoms with Crippen LogP contribution in [0.5, 0.6) is 0 Å². The number of Topliss-reactive ketones (excluding diaryl/α,β-unsaturated/α-hetero) is 2. The number of hydrogen-bond acceptors (Lipinski definition) is 4. The summed E-state index contributed by atoms with van der Waals surface area (Å²) in [6.07, 6.45) is 2.24. The van der Waals surface area contributed by atoms with E-state index in [9.17, 15) is 14.4 Å². The van der Waals surface area contributed by atoms with Crippen LogP contribution >= 0.6 is 0 Å². The van der Waals surface area contributed by atoms with E-state index in [1.807, 2.05) is 33.2 Å². The number of nitrogens with zero attached hydrogens (tertiary/aromatic N) is 1. The standard InChI is InChI=1S/C21H24N2O4/c1-14-7-9-15(10-8-14)19(24)17-18(16-6-4-13-27-16)23(21(26)20(17)25)12-5-11-22(2)3/h4,6-10,13,17-18H,5,11-12H2,1-3H3/p+1. The first-order valence-electron chi connectivity index (χ1n) is 9.18. The van der Waals surface area contributed by atoms with Crippen LogP contribution in [0.2, 0.25) is 0 Å². The molecule has 0 spiro atoms. The van der Waals surface area contributed by atoms with E-state index >= 15 is 0 Å².